The zero-order valence-corrected chi connectivity index (χ0v) is 8.02. The van der Waals surface area contributed by atoms with Gasteiger partial charge in [0.25, 0.3) is 0 Å². The molecular formula is C9H11N3O2. The smallest absolute Gasteiger partial charge is 0.427 e. The summed E-state index contributed by atoms with van der Waals surface area (Å²) in [7, 11) is 1.28. The maximum absolute atomic E-state index is 10.7. The van der Waals surface area contributed by atoms with Gasteiger partial charge in [0.05, 0.1) is 12.8 Å². The number of carbonyl (C=O) groups is 1. The van der Waals surface area contributed by atoms with Crippen molar-refractivity contribution in [3.05, 3.63) is 30.1 Å². The molecule has 0 aliphatic heterocycles. The highest BCUT2D eigenvalue weighted by molar-refractivity contribution is 5.98. The molecule has 0 saturated carbocycles. The van der Waals surface area contributed by atoms with Crippen LogP contribution in [0.2, 0.25) is 0 Å². The minimum absolute atomic E-state index is 0.585. The summed E-state index contributed by atoms with van der Waals surface area (Å²) in [5.41, 5.74) is 3.83. The molecule has 74 valence electrons. The zero-order valence-electron chi connectivity index (χ0n) is 8.02. The van der Waals surface area contributed by atoms with Gasteiger partial charge in [0, 0.05) is 18.0 Å². The van der Waals surface area contributed by atoms with Crippen molar-refractivity contribution in [3.8, 4) is 0 Å². The molecule has 0 atom stereocenters. The predicted molar refractivity (Wildman–Crippen MR) is 52.0 cm³/mol. The van der Waals surface area contributed by atoms with Crippen molar-refractivity contribution in [3.63, 3.8) is 0 Å². The highest BCUT2D eigenvalue weighted by atomic mass is 16.5. The van der Waals surface area contributed by atoms with Crippen LogP contribution in [0, 0.1) is 0 Å². The molecule has 0 fully saturated rings. The average Bonchev–Trinajstić information content (AvgIpc) is 2.26. The summed E-state index contributed by atoms with van der Waals surface area (Å²) in [5.74, 6) is 0. The van der Waals surface area contributed by atoms with E-state index in [4.69, 9.17) is 0 Å². The number of aromatic nitrogens is 1. The fraction of sp³-hybridized carbons (Fsp3) is 0.222. The number of carbonyl (C=O) groups excluding carboxylic acids is 1. The van der Waals surface area contributed by atoms with Crippen LogP contribution in [-0.2, 0) is 4.74 Å². The van der Waals surface area contributed by atoms with Gasteiger partial charge in [-0.1, -0.05) is 0 Å². The summed E-state index contributed by atoms with van der Waals surface area (Å²) >= 11 is 0. The zero-order chi connectivity index (χ0) is 10.4. The fourth-order valence-electron chi connectivity index (χ4n) is 0.833. The molecule has 5 nitrogen and oxygen atoms in total. The van der Waals surface area contributed by atoms with E-state index in [1.165, 1.54) is 7.11 Å². The highest BCUT2D eigenvalue weighted by Gasteiger charge is 1.98. The number of hydrogen-bond donors (Lipinski definition) is 1. The molecule has 1 aromatic heterocycles. The molecule has 1 heterocycles. The summed E-state index contributed by atoms with van der Waals surface area (Å²) in [6.45, 7) is 1.78. The third-order valence-electron chi connectivity index (χ3n) is 1.60. The molecule has 14 heavy (non-hydrogen) atoms. The number of ether oxygens (including phenoxy) is 1. The first kappa shape index (κ1) is 10.2. The van der Waals surface area contributed by atoms with Crippen LogP contribution in [0.25, 0.3) is 0 Å². The number of nitrogens with zero attached hydrogens (tertiary/aromatic N) is 2. The Kier molecular flexibility index (Phi) is 3.60. The topological polar surface area (TPSA) is 63.6 Å². The van der Waals surface area contributed by atoms with Crippen LogP contribution < -0.4 is 5.43 Å². The Bertz CT molecular complexity index is 335. The molecule has 1 rings (SSSR count). The molecule has 1 amide bonds. The van der Waals surface area contributed by atoms with Crippen LogP contribution in [0.1, 0.15) is 12.5 Å². The van der Waals surface area contributed by atoms with Gasteiger partial charge in [0.15, 0.2) is 0 Å². The molecule has 0 spiro atoms. The van der Waals surface area contributed by atoms with Crippen molar-refractivity contribution in [2.45, 2.75) is 6.92 Å². The molecule has 0 saturated heterocycles. The van der Waals surface area contributed by atoms with Gasteiger partial charge in [-0.2, -0.15) is 5.10 Å². The molecular weight excluding hydrogens is 182 g/mol. The molecule has 5 heteroatoms. The van der Waals surface area contributed by atoms with Crippen molar-refractivity contribution < 1.29 is 9.53 Å². The van der Waals surface area contributed by atoms with E-state index < -0.39 is 6.09 Å². The first-order chi connectivity index (χ1) is 6.74. The van der Waals surface area contributed by atoms with E-state index in [1.807, 2.05) is 0 Å². The number of pyridine rings is 1. The van der Waals surface area contributed by atoms with Gasteiger partial charge >= 0.3 is 6.09 Å². The third kappa shape index (κ3) is 2.85. The van der Waals surface area contributed by atoms with E-state index >= 15 is 0 Å². The molecule has 0 bridgehead atoms. The van der Waals surface area contributed by atoms with Crippen LogP contribution in [0.3, 0.4) is 0 Å². The lowest BCUT2D eigenvalue weighted by Crippen LogP contribution is -2.18. The lowest BCUT2D eigenvalue weighted by atomic mass is 10.2. The van der Waals surface area contributed by atoms with Gasteiger partial charge in [-0.3, -0.25) is 4.98 Å². The SMILES string of the molecule is COC(=O)NN=C(C)c1ccncc1. The second-order valence-electron chi connectivity index (χ2n) is 2.54. The molecule has 0 aliphatic carbocycles. The number of methoxy groups -OCH3 is 1. The Balaban J connectivity index is 2.66. The normalized spacial score (nSPS) is 10.9. The molecule has 0 aliphatic rings. The second-order valence-corrected chi connectivity index (χ2v) is 2.54. The van der Waals surface area contributed by atoms with E-state index in [1.54, 1.807) is 31.5 Å². The maximum atomic E-state index is 10.7. The van der Waals surface area contributed by atoms with Gasteiger partial charge in [0.2, 0.25) is 0 Å². The quantitative estimate of drug-likeness (QED) is 0.566. The first-order valence-corrected chi connectivity index (χ1v) is 4.02. The third-order valence-corrected chi connectivity index (χ3v) is 1.60. The number of hydrazone groups is 1. The molecule has 0 unspecified atom stereocenters. The van der Waals surface area contributed by atoms with Crippen LogP contribution in [0.5, 0.6) is 0 Å². The summed E-state index contributed by atoms with van der Waals surface area (Å²) in [6, 6.07) is 3.61. The Morgan fingerprint density at radius 1 is 1.50 bits per heavy atom. The summed E-state index contributed by atoms with van der Waals surface area (Å²) in [5, 5.41) is 3.83. The van der Waals surface area contributed by atoms with Crippen LogP contribution in [0.15, 0.2) is 29.6 Å². The number of amides is 1. The van der Waals surface area contributed by atoms with Gasteiger partial charge in [0.1, 0.15) is 0 Å². The molecule has 0 aromatic carbocycles. The predicted octanol–water partition coefficient (Wildman–Crippen LogP) is 1.16. The van der Waals surface area contributed by atoms with Crippen molar-refractivity contribution in [1.29, 1.82) is 0 Å². The lowest BCUT2D eigenvalue weighted by Gasteiger charge is -2.00. The summed E-state index contributed by atoms with van der Waals surface area (Å²) in [6.07, 6.45) is 2.73. The molecule has 1 aromatic rings. The Morgan fingerprint density at radius 2 is 2.14 bits per heavy atom. The first-order valence-electron chi connectivity index (χ1n) is 4.02. The molecule has 1 N–H and O–H groups in total. The van der Waals surface area contributed by atoms with Gasteiger partial charge in [-0.25, -0.2) is 10.2 Å². The van der Waals surface area contributed by atoms with Crippen LogP contribution in [-0.4, -0.2) is 23.9 Å². The lowest BCUT2D eigenvalue weighted by molar-refractivity contribution is 0.171. The average molecular weight is 193 g/mol. The highest BCUT2D eigenvalue weighted by Crippen LogP contribution is 1.97. The Morgan fingerprint density at radius 3 is 2.71 bits per heavy atom. The largest absolute Gasteiger partial charge is 0.452 e. The van der Waals surface area contributed by atoms with E-state index in [2.05, 4.69) is 20.2 Å². The van der Waals surface area contributed by atoms with E-state index in [0.717, 1.165) is 5.56 Å². The molecule has 0 radical (unpaired) electrons. The maximum Gasteiger partial charge on any atom is 0.427 e. The fourth-order valence-corrected chi connectivity index (χ4v) is 0.833. The number of hydrogen-bond acceptors (Lipinski definition) is 4. The van der Waals surface area contributed by atoms with Crippen LogP contribution >= 0.6 is 0 Å². The van der Waals surface area contributed by atoms with E-state index in [-0.39, 0.29) is 0 Å². The Hall–Kier alpha value is -1.91. The summed E-state index contributed by atoms with van der Waals surface area (Å²) in [4.78, 5) is 14.6. The van der Waals surface area contributed by atoms with Crippen molar-refractivity contribution >= 4 is 11.8 Å². The minimum atomic E-state index is -0.585. The number of rotatable bonds is 2. The van der Waals surface area contributed by atoms with Crippen molar-refractivity contribution in [1.82, 2.24) is 10.4 Å². The second kappa shape index (κ2) is 4.96. The monoisotopic (exact) mass is 193 g/mol. The van der Waals surface area contributed by atoms with Gasteiger partial charge < -0.3 is 4.74 Å². The standard InChI is InChI=1S/C9H11N3O2/c1-7(11-12-9(13)14-2)8-3-5-10-6-4-8/h3-6H,1-2H3,(H,12,13). The van der Waals surface area contributed by atoms with Crippen LogP contribution in [0.4, 0.5) is 4.79 Å². The summed E-state index contributed by atoms with van der Waals surface area (Å²) < 4.78 is 4.37. The van der Waals surface area contributed by atoms with Crippen molar-refractivity contribution in [2.75, 3.05) is 7.11 Å². The minimum Gasteiger partial charge on any atom is -0.452 e. The number of nitrogens with one attached hydrogen (secondary N) is 1. The van der Waals surface area contributed by atoms with E-state index in [9.17, 15) is 4.79 Å². The van der Waals surface area contributed by atoms with Crippen molar-refractivity contribution in [2.24, 2.45) is 5.10 Å². The van der Waals surface area contributed by atoms with E-state index in [0.29, 0.717) is 5.71 Å². The van der Waals surface area contributed by atoms with Gasteiger partial charge in [-0.05, 0) is 19.1 Å². The Labute approximate surface area is 81.8 Å². The van der Waals surface area contributed by atoms with Gasteiger partial charge in [-0.15, -0.1) is 0 Å².